The van der Waals surface area contributed by atoms with Crippen molar-refractivity contribution < 1.29 is 4.74 Å². The molecule has 0 aliphatic heterocycles. The van der Waals surface area contributed by atoms with Crippen LogP contribution in [0.3, 0.4) is 0 Å². The predicted molar refractivity (Wildman–Crippen MR) is 52.9 cm³/mol. The first-order valence-electron chi connectivity index (χ1n) is 3.88. The zero-order valence-electron chi connectivity index (χ0n) is 7.17. The molecular formula is C9H13NOS. The summed E-state index contributed by atoms with van der Waals surface area (Å²) in [6.45, 7) is 6.97. The Morgan fingerprint density at radius 3 is 3.08 bits per heavy atom. The van der Waals surface area contributed by atoms with Gasteiger partial charge in [-0.05, 0) is 18.4 Å². The van der Waals surface area contributed by atoms with E-state index in [0.717, 1.165) is 16.2 Å². The predicted octanol–water partition coefficient (Wildman–Crippen LogP) is 2.21. The molecule has 0 fully saturated rings. The van der Waals surface area contributed by atoms with Crippen LogP contribution in [0.2, 0.25) is 0 Å². The first kappa shape index (κ1) is 9.29. The molecular weight excluding hydrogens is 170 g/mol. The van der Waals surface area contributed by atoms with Gasteiger partial charge in [-0.3, -0.25) is 0 Å². The molecule has 1 aromatic rings. The third-order valence-corrected chi connectivity index (χ3v) is 2.49. The first-order chi connectivity index (χ1) is 5.79. The minimum Gasteiger partial charge on any atom is -0.494 e. The van der Waals surface area contributed by atoms with E-state index in [9.17, 15) is 0 Å². The van der Waals surface area contributed by atoms with Gasteiger partial charge < -0.3 is 10.5 Å². The fourth-order valence-corrected chi connectivity index (χ4v) is 1.77. The van der Waals surface area contributed by atoms with E-state index < -0.39 is 0 Å². The number of rotatable bonds is 4. The molecule has 0 aliphatic rings. The molecule has 2 N–H and O–H groups in total. The molecule has 0 saturated heterocycles. The summed E-state index contributed by atoms with van der Waals surface area (Å²) < 4.78 is 5.29. The Morgan fingerprint density at radius 1 is 1.75 bits per heavy atom. The summed E-state index contributed by atoms with van der Waals surface area (Å²) in [5.41, 5.74) is 6.59. The van der Waals surface area contributed by atoms with Gasteiger partial charge in [0.25, 0.3) is 0 Å². The van der Waals surface area contributed by atoms with Crippen molar-refractivity contribution in [1.29, 1.82) is 0 Å². The van der Waals surface area contributed by atoms with Crippen molar-refractivity contribution in [2.45, 2.75) is 13.5 Å². The van der Waals surface area contributed by atoms with Gasteiger partial charge in [-0.2, -0.15) is 0 Å². The summed E-state index contributed by atoms with van der Waals surface area (Å²) in [6.07, 6.45) is 0. The van der Waals surface area contributed by atoms with Crippen LogP contribution < -0.4 is 5.73 Å². The number of hydrogen-bond donors (Lipinski definition) is 1. The SMILES string of the molecule is C=C(OCC)c1ccsc1CN. The van der Waals surface area contributed by atoms with E-state index in [1.165, 1.54) is 0 Å². The second-order valence-electron chi connectivity index (χ2n) is 2.32. The van der Waals surface area contributed by atoms with E-state index >= 15 is 0 Å². The van der Waals surface area contributed by atoms with E-state index in [1.54, 1.807) is 11.3 Å². The topological polar surface area (TPSA) is 35.2 Å². The molecule has 12 heavy (non-hydrogen) atoms. The lowest BCUT2D eigenvalue weighted by atomic mass is 10.2. The van der Waals surface area contributed by atoms with Gasteiger partial charge in [-0.25, -0.2) is 0 Å². The minimum atomic E-state index is 0.555. The summed E-state index contributed by atoms with van der Waals surface area (Å²) in [5.74, 6) is 0.721. The molecule has 0 saturated carbocycles. The molecule has 1 heterocycles. The van der Waals surface area contributed by atoms with Crippen molar-refractivity contribution >= 4 is 17.1 Å². The van der Waals surface area contributed by atoms with E-state index in [2.05, 4.69) is 6.58 Å². The Labute approximate surface area is 76.7 Å². The smallest absolute Gasteiger partial charge is 0.120 e. The van der Waals surface area contributed by atoms with Crippen molar-refractivity contribution in [3.8, 4) is 0 Å². The largest absolute Gasteiger partial charge is 0.494 e. The Morgan fingerprint density at radius 2 is 2.50 bits per heavy atom. The zero-order chi connectivity index (χ0) is 8.97. The molecule has 0 bridgehead atoms. The molecule has 3 heteroatoms. The van der Waals surface area contributed by atoms with Crippen LogP contribution in [0.4, 0.5) is 0 Å². The summed E-state index contributed by atoms with van der Waals surface area (Å²) in [7, 11) is 0. The molecule has 0 aromatic carbocycles. The van der Waals surface area contributed by atoms with Crippen molar-refractivity contribution in [2.75, 3.05) is 6.61 Å². The van der Waals surface area contributed by atoms with Gasteiger partial charge in [-0.15, -0.1) is 11.3 Å². The molecule has 66 valence electrons. The second kappa shape index (κ2) is 4.28. The number of ether oxygens (including phenoxy) is 1. The lowest BCUT2D eigenvalue weighted by molar-refractivity contribution is 0.299. The van der Waals surface area contributed by atoms with Crippen LogP contribution in [-0.2, 0) is 11.3 Å². The van der Waals surface area contributed by atoms with Crippen LogP contribution in [0, 0.1) is 0 Å². The standard InChI is InChI=1S/C9H13NOS/c1-3-11-7(2)8-4-5-12-9(8)6-10/h4-5H,2-3,6,10H2,1H3. The Balaban J connectivity index is 2.79. The van der Waals surface area contributed by atoms with Crippen molar-refractivity contribution in [3.63, 3.8) is 0 Å². The van der Waals surface area contributed by atoms with E-state index in [-0.39, 0.29) is 0 Å². The molecule has 0 unspecified atom stereocenters. The Hall–Kier alpha value is -0.800. The highest BCUT2D eigenvalue weighted by Crippen LogP contribution is 2.23. The van der Waals surface area contributed by atoms with Crippen LogP contribution in [0.15, 0.2) is 18.0 Å². The van der Waals surface area contributed by atoms with Gasteiger partial charge in [0, 0.05) is 17.0 Å². The molecule has 1 aromatic heterocycles. The summed E-state index contributed by atoms with van der Waals surface area (Å²) in [4.78, 5) is 1.13. The van der Waals surface area contributed by atoms with Crippen molar-refractivity contribution in [1.82, 2.24) is 0 Å². The average molecular weight is 183 g/mol. The average Bonchev–Trinajstić information content (AvgIpc) is 2.51. The Bertz CT molecular complexity index is 267. The third kappa shape index (κ3) is 1.87. The monoisotopic (exact) mass is 183 g/mol. The molecule has 1 rings (SSSR count). The van der Waals surface area contributed by atoms with Crippen LogP contribution >= 0.6 is 11.3 Å². The molecule has 0 aliphatic carbocycles. The lowest BCUT2D eigenvalue weighted by Gasteiger charge is -2.06. The van der Waals surface area contributed by atoms with Crippen molar-refractivity contribution in [2.24, 2.45) is 5.73 Å². The zero-order valence-corrected chi connectivity index (χ0v) is 7.99. The van der Waals surface area contributed by atoms with Gasteiger partial charge in [0.1, 0.15) is 5.76 Å². The maximum atomic E-state index is 5.54. The first-order valence-corrected chi connectivity index (χ1v) is 4.76. The highest BCUT2D eigenvalue weighted by atomic mass is 32.1. The summed E-state index contributed by atoms with van der Waals surface area (Å²) >= 11 is 1.64. The van der Waals surface area contributed by atoms with Gasteiger partial charge in [0.15, 0.2) is 0 Å². The quantitative estimate of drug-likeness (QED) is 0.726. The molecule has 0 amide bonds. The molecule has 0 radical (unpaired) electrons. The second-order valence-corrected chi connectivity index (χ2v) is 3.32. The maximum absolute atomic E-state index is 5.54. The van der Waals surface area contributed by atoms with E-state index in [1.807, 2.05) is 18.4 Å². The van der Waals surface area contributed by atoms with Gasteiger partial charge in [0.2, 0.25) is 0 Å². The highest BCUT2D eigenvalue weighted by Gasteiger charge is 2.05. The number of thiophene rings is 1. The van der Waals surface area contributed by atoms with Crippen LogP contribution in [0.25, 0.3) is 5.76 Å². The highest BCUT2D eigenvalue weighted by molar-refractivity contribution is 7.10. The van der Waals surface area contributed by atoms with Crippen LogP contribution in [0.1, 0.15) is 17.4 Å². The van der Waals surface area contributed by atoms with Gasteiger partial charge in [-0.1, -0.05) is 6.58 Å². The molecule has 0 spiro atoms. The fourth-order valence-electron chi connectivity index (χ4n) is 0.999. The summed E-state index contributed by atoms with van der Waals surface area (Å²) in [5, 5.41) is 2.00. The summed E-state index contributed by atoms with van der Waals surface area (Å²) in [6, 6.07) is 1.99. The van der Waals surface area contributed by atoms with Crippen LogP contribution in [0.5, 0.6) is 0 Å². The number of hydrogen-bond acceptors (Lipinski definition) is 3. The fraction of sp³-hybridized carbons (Fsp3) is 0.333. The van der Waals surface area contributed by atoms with Crippen molar-refractivity contribution in [3.05, 3.63) is 28.5 Å². The van der Waals surface area contributed by atoms with E-state index in [0.29, 0.717) is 13.2 Å². The van der Waals surface area contributed by atoms with E-state index in [4.69, 9.17) is 10.5 Å². The number of nitrogens with two attached hydrogens (primary N) is 1. The van der Waals surface area contributed by atoms with Crippen LogP contribution in [-0.4, -0.2) is 6.61 Å². The minimum absolute atomic E-state index is 0.555. The van der Waals surface area contributed by atoms with Gasteiger partial charge >= 0.3 is 0 Å². The van der Waals surface area contributed by atoms with Gasteiger partial charge in [0.05, 0.1) is 6.61 Å². The third-order valence-electron chi connectivity index (χ3n) is 1.55. The normalized spacial score (nSPS) is 9.83. The molecule has 0 atom stereocenters. The Kier molecular flexibility index (Phi) is 3.31. The lowest BCUT2D eigenvalue weighted by Crippen LogP contribution is -1.98. The maximum Gasteiger partial charge on any atom is 0.120 e. The molecule has 2 nitrogen and oxygen atoms in total.